The number of aliphatic hydroxyl groups excluding tert-OH is 1. The number of benzene rings is 1. The zero-order valence-corrected chi connectivity index (χ0v) is 22.0. The predicted octanol–water partition coefficient (Wildman–Crippen LogP) is 2.82. The molecule has 1 aromatic carbocycles. The molecule has 0 saturated carbocycles. The molecule has 8 heteroatoms. The number of ether oxygens (including phenoxy) is 2. The first-order valence-electron chi connectivity index (χ1n) is 12.3. The smallest absolute Gasteiger partial charge is 0.247 e. The van der Waals surface area contributed by atoms with Gasteiger partial charge < -0.3 is 19.5 Å². The largest absolute Gasteiger partial charge is 0.487 e. The summed E-state index contributed by atoms with van der Waals surface area (Å²) in [5.74, 6) is 7.33. The van der Waals surface area contributed by atoms with E-state index >= 15 is 0 Å². The molecule has 0 amide bonds. The number of aliphatic hydroxyl groups is 1. The highest BCUT2D eigenvalue weighted by molar-refractivity contribution is 7.89. The second kappa shape index (κ2) is 11.9. The first kappa shape index (κ1) is 27.0. The third kappa shape index (κ3) is 6.73. The van der Waals surface area contributed by atoms with Crippen LogP contribution in [0.25, 0.3) is 0 Å². The molecule has 0 unspecified atom stereocenters. The van der Waals surface area contributed by atoms with E-state index < -0.39 is 16.1 Å². The number of nitrogens with zero attached hydrogens (tertiary/aromatic N) is 2. The van der Waals surface area contributed by atoms with Gasteiger partial charge in [-0.15, -0.1) is 0 Å². The van der Waals surface area contributed by atoms with Crippen LogP contribution in [0.15, 0.2) is 23.1 Å². The lowest BCUT2D eigenvalue weighted by Gasteiger charge is -2.38. The Kier molecular flexibility index (Phi) is 9.41. The average Bonchev–Trinajstić information content (AvgIpc) is 2.80. The number of sulfonamides is 1. The van der Waals surface area contributed by atoms with E-state index in [0.29, 0.717) is 18.2 Å². The van der Waals surface area contributed by atoms with Crippen molar-refractivity contribution in [3.8, 4) is 17.6 Å². The maximum atomic E-state index is 13.6. The standard InChI is InChI=1S/C26H40N2O5S/c1-19(2)6-7-22-8-9-26-24(14-22)33-25(17-27(5)16-23-10-12-32-13-11-23)20(3)15-28(21(4)18-29)34(26,30)31/h8-9,14,19-21,23,25,29H,10-13,15-18H2,1-5H3/t20-,21-,25-/m0/s1. The van der Waals surface area contributed by atoms with Crippen LogP contribution in [0.1, 0.15) is 46.1 Å². The minimum atomic E-state index is -3.84. The summed E-state index contributed by atoms with van der Waals surface area (Å²) in [4.78, 5) is 2.42. The van der Waals surface area contributed by atoms with Crippen molar-refractivity contribution >= 4 is 10.0 Å². The van der Waals surface area contributed by atoms with Crippen LogP contribution in [0.4, 0.5) is 0 Å². The molecule has 1 saturated heterocycles. The molecule has 1 fully saturated rings. The molecule has 0 spiro atoms. The van der Waals surface area contributed by atoms with Crippen molar-refractivity contribution in [1.82, 2.24) is 9.21 Å². The number of likely N-dealkylation sites (N-methyl/N-ethyl adjacent to an activating group) is 1. The van der Waals surface area contributed by atoms with Crippen LogP contribution in [-0.4, -0.2) is 81.4 Å². The quantitative estimate of drug-likeness (QED) is 0.616. The third-order valence-corrected chi connectivity index (χ3v) is 8.59. The van der Waals surface area contributed by atoms with Crippen LogP contribution in [0.3, 0.4) is 0 Å². The van der Waals surface area contributed by atoms with Crippen molar-refractivity contribution in [2.45, 2.75) is 57.6 Å². The first-order chi connectivity index (χ1) is 16.1. The Labute approximate surface area is 205 Å². The Bertz CT molecular complexity index is 979. The SMILES string of the molecule is CC(C)C#Cc1ccc2c(c1)O[C@@H](CN(C)CC1CCOCC1)[C@@H](C)CN([C@@H](C)CO)S2(=O)=O. The van der Waals surface area contributed by atoms with E-state index in [1.807, 2.05) is 20.8 Å². The Balaban J connectivity index is 1.94. The summed E-state index contributed by atoms with van der Waals surface area (Å²) in [6.07, 6.45) is 1.92. The molecule has 2 aliphatic heterocycles. The van der Waals surface area contributed by atoms with Gasteiger partial charge in [-0.1, -0.05) is 32.6 Å². The fourth-order valence-electron chi connectivity index (χ4n) is 4.50. The lowest BCUT2D eigenvalue weighted by Crippen LogP contribution is -2.50. The van der Waals surface area contributed by atoms with E-state index in [1.165, 1.54) is 4.31 Å². The Morgan fingerprint density at radius 2 is 1.91 bits per heavy atom. The third-order valence-electron chi connectivity index (χ3n) is 6.57. The first-order valence-corrected chi connectivity index (χ1v) is 13.8. The zero-order valence-electron chi connectivity index (χ0n) is 21.2. The fourth-order valence-corrected chi connectivity index (χ4v) is 6.33. The summed E-state index contributed by atoms with van der Waals surface area (Å²) in [5.41, 5.74) is 0.729. The van der Waals surface area contributed by atoms with Crippen LogP contribution in [0, 0.1) is 29.6 Å². The van der Waals surface area contributed by atoms with Gasteiger partial charge in [-0.2, -0.15) is 4.31 Å². The highest BCUT2D eigenvalue weighted by atomic mass is 32.2. The molecule has 2 heterocycles. The Morgan fingerprint density at radius 3 is 2.56 bits per heavy atom. The Hall–Kier alpha value is -1.63. The molecule has 0 bridgehead atoms. The summed E-state index contributed by atoms with van der Waals surface area (Å²) >= 11 is 0. The summed E-state index contributed by atoms with van der Waals surface area (Å²) in [7, 11) is -1.74. The minimum absolute atomic E-state index is 0.0699. The van der Waals surface area contributed by atoms with Gasteiger partial charge in [0.05, 0.1) is 6.61 Å². The molecule has 1 N–H and O–H groups in total. The van der Waals surface area contributed by atoms with Crippen molar-refractivity contribution in [2.24, 2.45) is 17.8 Å². The molecule has 3 rings (SSSR count). The molecular formula is C26H40N2O5S. The second-order valence-corrected chi connectivity index (χ2v) is 12.0. The van der Waals surface area contributed by atoms with Gasteiger partial charge in [0, 0.05) is 56.3 Å². The molecule has 7 nitrogen and oxygen atoms in total. The van der Waals surface area contributed by atoms with Gasteiger partial charge in [0.25, 0.3) is 0 Å². The van der Waals surface area contributed by atoms with E-state index in [2.05, 4.69) is 23.8 Å². The van der Waals surface area contributed by atoms with Crippen LogP contribution in [0.2, 0.25) is 0 Å². The molecule has 34 heavy (non-hydrogen) atoms. The van der Waals surface area contributed by atoms with Crippen molar-refractivity contribution in [2.75, 3.05) is 46.5 Å². The van der Waals surface area contributed by atoms with E-state index in [0.717, 1.165) is 38.2 Å². The molecular weight excluding hydrogens is 452 g/mol. The normalized spacial score (nSPS) is 24.5. The Morgan fingerprint density at radius 1 is 1.21 bits per heavy atom. The monoisotopic (exact) mass is 492 g/mol. The summed E-state index contributed by atoms with van der Waals surface area (Å²) in [5, 5.41) is 9.80. The maximum Gasteiger partial charge on any atom is 0.247 e. The van der Waals surface area contributed by atoms with Crippen molar-refractivity contribution in [1.29, 1.82) is 0 Å². The van der Waals surface area contributed by atoms with E-state index in [-0.39, 0.29) is 36.0 Å². The summed E-state index contributed by atoms with van der Waals surface area (Å²) in [6, 6.07) is 4.53. The molecule has 1 aromatic rings. The van der Waals surface area contributed by atoms with Crippen LogP contribution in [0.5, 0.6) is 5.75 Å². The van der Waals surface area contributed by atoms with Crippen LogP contribution >= 0.6 is 0 Å². The number of rotatable bonds is 6. The van der Waals surface area contributed by atoms with Gasteiger partial charge in [0.1, 0.15) is 16.7 Å². The summed E-state index contributed by atoms with van der Waals surface area (Å²) in [6.45, 7) is 11.1. The van der Waals surface area contributed by atoms with E-state index in [9.17, 15) is 13.5 Å². The van der Waals surface area contributed by atoms with Gasteiger partial charge >= 0.3 is 0 Å². The molecule has 0 aliphatic carbocycles. The van der Waals surface area contributed by atoms with Crippen LogP contribution in [-0.2, 0) is 14.8 Å². The minimum Gasteiger partial charge on any atom is -0.487 e. The van der Waals surface area contributed by atoms with Crippen molar-refractivity contribution < 1.29 is 23.0 Å². The van der Waals surface area contributed by atoms with Gasteiger partial charge in [0.2, 0.25) is 10.0 Å². The highest BCUT2D eigenvalue weighted by Gasteiger charge is 2.38. The van der Waals surface area contributed by atoms with Gasteiger partial charge in [-0.25, -0.2) is 8.42 Å². The van der Waals surface area contributed by atoms with Gasteiger partial charge in [0.15, 0.2) is 0 Å². The van der Waals surface area contributed by atoms with E-state index in [1.54, 1.807) is 25.1 Å². The molecule has 190 valence electrons. The number of hydrogen-bond donors (Lipinski definition) is 1. The molecule has 0 aromatic heterocycles. The van der Waals surface area contributed by atoms with Gasteiger partial charge in [-0.3, -0.25) is 0 Å². The fraction of sp³-hybridized carbons (Fsp3) is 0.692. The van der Waals surface area contributed by atoms with E-state index in [4.69, 9.17) is 9.47 Å². The molecule has 3 atom stereocenters. The summed E-state index contributed by atoms with van der Waals surface area (Å²) < 4.78 is 40.5. The second-order valence-electron chi connectivity index (χ2n) is 10.1. The predicted molar refractivity (Wildman–Crippen MR) is 133 cm³/mol. The number of hydrogen-bond acceptors (Lipinski definition) is 6. The van der Waals surface area contributed by atoms with Crippen LogP contribution < -0.4 is 4.74 Å². The number of fused-ring (bicyclic) bond motifs is 1. The van der Waals surface area contributed by atoms with Gasteiger partial charge in [-0.05, 0) is 50.9 Å². The topological polar surface area (TPSA) is 79.3 Å². The van der Waals surface area contributed by atoms with Crippen molar-refractivity contribution in [3.63, 3.8) is 0 Å². The molecule has 2 aliphatic rings. The van der Waals surface area contributed by atoms with Crippen molar-refractivity contribution in [3.05, 3.63) is 23.8 Å². The average molecular weight is 493 g/mol. The maximum absolute atomic E-state index is 13.6. The lowest BCUT2D eigenvalue weighted by molar-refractivity contribution is 0.0402. The zero-order chi connectivity index (χ0) is 24.9. The molecule has 0 radical (unpaired) electrons. The highest BCUT2D eigenvalue weighted by Crippen LogP contribution is 2.34. The lowest BCUT2D eigenvalue weighted by atomic mass is 9.98.